The summed E-state index contributed by atoms with van der Waals surface area (Å²) in [6, 6.07) is 13.4. The van der Waals surface area contributed by atoms with Gasteiger partial charge in [-0.3, -0.25) is 18.7 Å². The van der Waals surface area contributed by atoms with E-state index < -0.39 is 10.4 Å². The van der Waals surface area contributed by atoms with Crippen LogP contribution in [-0.2, 0) is 17.4 Å². The monoisotopic (exact) mass is 479 g/mol. The molecule has 4 rings (SSSR count). The summed E-state index contributed by atoms with van der Waals surface area (Å²) in [5.74, 6) is 1.32. The van der Waals surface area contributed by atoms with Gasteiger partial charge in [0.05, 0.1) is 0 Å². The van der Waals surface area contributed by atoms with Crippen LogP contribution in [0, 0.1) is 0 Å². The Balaban J connectivity index is 0.000000523. The van der Waals surface area contributed by atoms with E-state index in [1.54, 1.807) is 17.0 Å². The normalized spacial score (nSPS) is 12.0. The third-order valence-electron chi connectivity index (χ3n) is 4.11. The summed E-state index contributed by atoms with van der Waals surface area (Å²) >= 11 is 6.03. The van der Waals surface area contributed by atoms with Crippen molar-refractivity contribution in [1.82, 2.24) is 24.9 Å². The number of ether oxygens (including phenoxy) is 1. The zero-order valence-electron chi connectivity index (χ0n) is 16.8. The highest BCUT2D eigenvalue weighted by Gasteiger charge is 2.19. The van der Waals surface area contributed by atoms with E-state index in [9.17, 15) is 0 Å². The van der Waals surface area contributed by atoms with Crippen LogP contribution in [0.2, 0.25) is 5.02 Å². The number of halogens is 1. The minimum Gasteiger partial charge on any atom is -0.454 e. The number of pyridine rings is 1. The number of hydrogen-bond donors (Lipinski definition) is 2. The van der Waals surface area contributed by atoms with Crippen molar-refractivity contribution in [2.45, 2.75) is 13.0 Å². The van der Waals surface area contributed by atoms with Crippen LogP contribution in [0.3, 0.4) is 0 Å². The molecular weight excluding hydrogens is 462 g/mol. The van der Waals surface area contributed by atoms with Crippen LogP contribution in [0.5, 0.6) is 6.01 Å². The Kier molecular flexibility index (Phi) is 7.20. The van der Waals surface area contributed by atoms with Gasteiger partial charge in [-0.25, -0.2) is 0 Å². The van der Waals surface area contributed by atoms with Gasteiger partial charge in [-0.2, -0.15) is 8.42 Å². The highest BCUT2D eigenvalue weighted by molar-refractivity contribution is 7.79. The van der Waals surface area contributed by atoms with Crippen molar-refractivity contribution in [2.75, 3.05) is 0 Å². The molecule has 3 aromatic heterocycles. The molecule has 0 radical (unpaired) electrons. The molecule has 0 fully saturated rings. The Morgan fingerprint density at radius 3 is 2.44 bits per heavy atom. The van der Waals surface area contributed by atoms with Gasteiger partial charge in [-0.05, 0) is 31.2 Å². The molecule has 4 aromatic rings. The maximum Gasteiger partial charge on any atom is 0.394 e. The Labute approximate surface area is 188 Å². The zero-order chi connectivity index (χ0) is 23.3. The van der Waals surface area contributed by atoms with Crippen molar-refractivity contribution in [3.63, 3.8) is 0 Å². The van der Waals surface area contributed by atoms with Gasteiger partial charge in [0.2, 0.25) is 0 Å². The average Bonchev–Trinajstić information content (AvgIpc) is 3.35. The summed E-state index contributed by atoms with van der Waals surface area (Å²) in [6.07, 6.45) is 3.05. The summed E-state index contributed by atoms with van der Waals surface area (Å²) < 4.78 is 44.7. The van der Waals surface area contributed by atoms with Gasteiger partial charge >= 0.3 is 16.4 Å². The van der Waals surface area contributed by atoms with E-state index >= 15 is 0 Å². The van der Waals surface area contributed by atoms with E-state index in [1.165, 1.54) is 0 Å². The lowest BCUT2D eigenvalue weighted by molar-refractivity contribution is 0.190. The van der Waals surface area contributed by atoms with Gasteiger partial charge in [-0.15, -0.1) is 5.10 Å². The lowest BCUT2D eigenvalue weighted by Crippen LogP contribution is -2.07. The number of aromatic nitrogens is 5. The molecule has 1 aromatic carbocycles. The van der Waals surface area contributed by atoms with Crippen LogP contribution in [0.25, 0.3) is 22.7 Å². The molecule has 32 heavy (non-hydrogen) atoms. The second-order valence-corrected chi connectivity index (χ2v) is 7.77. The quantitative estimate of drug-likeness (QED) is 0.405. The summed E-state index contributed by atoms with van der Waals surface area (Å²) in [6.45, 7) is 1.88. The van der Waals surface area contributed by atoms with Crippen LogP contribution in [-0.4, -0.2) is 42.4 Å². The van der Waals surface area contributed by atoms with E-state index in [1.807, 2.05) is 56.4 Å². The van der Waals surface area contributed by atoms with Crippen LogP contribution >= 0.6 is 11.6 Å². The molecular formula is C19H18ClN5O6S. The standard InChI is InChI=1S/C19H16ClN5O2.H2O4S/c1-12(16-11-17(27-24-16)14-4-3-5-15(20)10-14)26-19-23-22-18(25(19)2)13-6-8-21-9-7-13;1-5(2,3)4/h3-12H,1-2H3;(H2,1,2,3,4)/t12-;/m1./s1. The number of benzene rings is 1. The third-order valence-corrected chi connectivity index (χ3v) is 4.34. The summed E-state index contributed by atoms with van der Waals surface area (Å²) in [4.78, 5) is 4.01. The fraction of sp³-hybridized carbons (Fsp3) is 0.158. The van der Waals surface area contributed by atoms with Crippen molar-refractivity contribution >= 4 is 22.0 Å². The van der Waals surface area contributed by atoms with Crippen LogP contribution in [0.4, 0.5) is 0 Å². The maximum absolute atomic E-state index is 8.74. The molecule has 0 aliphatic heterocycles. The Morgan fingerprint density at radius 1 is 1.09 bits per heavy atom. The van der Waals surface area contributed by atoms with Gasteiger partial charge in [0.15, 0.2) is 11.6 Å². The van der Waals surface area contributed by atoms with Crippen molar-refractivity contribution in [1.29, 1.82) is 0 Å². The highest BCUT2D eigenvalue weighted by atomic mass is 35.5. The predicted octanol–water partition coefficient (Wildman–Crippen LogP) is 3.67. The molecule has 13 heteroatoms. The number of nitrogens with zero attached hydrogens (tertiary/aromatic N) is 5. The lowest BCUT2D eigenvalue weighted by atomic mass is 10.1. The Hall–Kier alpha value is -3.32. The SMILES string of the molecule is C[C@@H](Oc1nnc(-c2ccncc2)n1C)c1cc(-c2cccc(Cl)c2)on1.O=S(=O)(O)O. The first-order valence-corrected chi connectivity index (χ1v) is 10.8. The first-order valence-electron chi connectivity index (χ1n) is 9.00. The molecule has 11 nitrogen and oxygen atoms in total. The van der Waals surface area contributed by atoms with Crippen LogP contribution in [0.1, 0.15) is 18.7 Å². The third kappa shape index (κ3) is 6.34. The Morgan fingerprint density at radius 2 is 1.78 bits per heavy atom. The van der Waals surface area contributed by atoms with Gasteiger partial charge in [0.25, 0.3) is 0 Å². The van der Waals surface area contributed by atoms with E-state index in [0.717, 1.165) is 11.1 Å². The molecule has 3 heterocycles. The molecule has 0 unspecified atom stereocenters. The van der Waals surface area contributed by atoms with Gasteiger partial charge < -0.3 is 9.26 Å². The van der Waals surface area contributed by atoms with E-state index in [4.69, 9.17) is 38.4 Å². The fourth-order valence-corrected chi connectivity index (χ4v) is 2.84. The van der Waals surface area contributed by atoms with Crippen molar-refractivity contribution in [3.05, 3.63) is 65.6 Å². The van der Waals surface area contributed by atoms with E-state index in [0.29, 0.717) is 28.3 Å². The zero-order valence-corrected chi connectivity index (χ0v) is 18.4. The first kappa shape index (κ1) is 23.3. The Bertz CT molecular complexity index is 1280. The molecule has 0 aliphatic carbocycles. The van der Waals surface area contributed by atoms with Gasteiger partial charge in [0.1, 0.15) is 11.8 Å². The minimum atomic E-state index is -4.67. The van der Waals surface area contributed by atoms with Crippen molar-refractivity contribution in [2.24, 2.45) is 7.05 Å². The minimum absolute atomic E-state index is 0.366. The largest absolute Gasteiger partial charge is 0.454 e. The second-order valence-electron chi connectivity index (χ2n) is 6.44. The molecule has 0 spiro atoms. The molecule has 0 saturated heterocycles. The van der Waals surface area contributed by atoms with E-state index in [-0.39, 0.29) is 6.10 Å². The van der Waals surface area contributed by atoms with Crippen molar-refractivity contribution in [3.8, 4) is 28.7 Å². The predicted molar refractivity (Wildman–Crippen MR) is 114 cm³/mol. The first-order chi connectivity index (χ1) is 15.1. The molecule has 0 saturated carbocycles. The number of hydrogen-bond acceptors (Lipinski definition) is 8. The second kappa shape index (κ2) is 9.87. The topological polar surface area (TPSA) is 153 Å². The van der Waals surface area contributed by atoms with Gasteiger partial charge in [0, 0.05) is 41.7 Å². The summed E-state index contributed by atoms with van der Waals surface area (Å²) in [5, 5.41) is 13.1. The smallest absolute Gasteiger partial charge is 0.394 e. The maximum atomic E-state index is 8.74. The molecule has 168 valence electrons. The molecule has 0 amide bonds. The van der Waals surface area contributed by atoms with Crippen molar-refractivity contribution < 1.29 is 26.8 Å². The average molecular weight is 480 g/mol. The number of rotatable bonds is 5. The molecule has 0 aliphatic rings. The summed E-state index contributed by atoms with van der Waals surface area (Å²) in [7, 11) is -2.82. The summed E-state index contributed by atoms with van der Waals surface area (Å²) in [5.41, 5.74) is 2.41. The van der Waals surface area contributed by atoms with Gasteiger partial charge in [-0.1, -0.05) is 34.0 Å². The highest BCUT2D eigenvalue weighted by Crippen LogP contribution is 2.28. The molecule has 1 atom stereocenters. The van der Waals surface area contributed by atoms with Crippen LogP contribution < -0.4 is 4.74 Å². The molecule has 0 bridgehead atoms. The lowest BCUT2D eigenvalue weighted by Gasteiger charge is -2.10. The van der Waals surface area contributed by atoms with E-state index in [2.05, 4.69) is 20.3 Å². The fourth-order valence-electron chi connectivity index (χ4n) is 2.65. The van der Waals surface area contributed by atoms with Crippen LogP contribution in [0.15, 0.2) is 59.4 Å². The molecule has 2 N–H and O–H groups in total.